The van der Waals surface area contributed by atoms with E-state index >= 15 is 0 Å². The van der Waals surface area contributed by atoms with E-state index in [0.29, 0.717) is 43.5 Å². The van der Waals surface area contributed by atoms with Gasteiger partial charge in [-0.3, -0.25) is 14.6 Å². The molecule has 0 N–H and O–H groups in total. The monoisotopic (exact) mass is 355 g/mol. The smallest absolute Gasteiger partial charge is 0.255 e. The number of likely N-dealkylation sites (tertiary alicyclic amines) is 2. The molecule has 4 rings (SSSR count). The van der Waals surface area contributed by atoms with E-state index in [9.17, 15) is 9.59 Å². The van der Waals surface area contributed by atoms with Crippen molar-refractivity contribution < 1.29 is 14.1 Å². The summed E-state index contributed by atoms with van der Waals surface area (Å²) in [5.74, 6) is 1.23. The number of aryl methyl sites for hydroxylation is 1. The predicted molar refractivity (Wildman–Crippen MR) is 91.2 cm³/mol. The van der Waals surface area contributed by atoms with Crippen LogP contribution < -0.4 is 0 Å². The molecule has 0 saturated carbocycles. The van der Waals surface area contributed by atoms with E-state index < -0.39 is 5.41 Å². The zero-order valence-electron chi connectivity index (χ0n) is 14.9. The van der Waals surface area contributed by atoms with Crippen LogP contribution in [0.3, 0.4) is 0 Å². The van der Waals surface area contributed by atoms with Crippen molar-refractivity contribution in [3.05, 3.63) is 41.8 Å². The molecule has 8 heteroatoms. The summed E-state index contributed by atoms with van der Waals surface area (Å²) in [4.78, 5) is 37.0. The Morgan fingerprint density at radius 3 is 2.77 bits per heavy atom. The fourth-order valence-corrected chi connectivity index (χ4v) is 4.16. The quantitative estimate of drug-likeness (QED) is 0.799. The number of piperidine rings is 1. The van der Waals surface area contributed by atoms with Crippen molar-refractivity contribution in [3.63, 3.8) is 0 Å². The number of fused-ring (bicyclic) bond motifs is 1. The van der Waals surface area contributed by atoms with Crippen LogP contribution in [0.2, 0.25) is 0 Å². The highest BCUT2D eigenvalue weighted by Crippen LogP contribution is 2.44. The fraction of sp³-hybridized carbons (Fsp3) is 0.500. The van der Waals surface area contributed by atoms with Gasteiger partial charge in [-0.1, -0.05) is 5.16 Å². The second-order valence-electron chi connectivity index (χ2n) is 7.16. The van der Waals surface area contributed by atoms with Crippen LogP contribution in [0.15, 0.2) is 29.0 Å². The molecule has 2 saturated heterocycles. The van der Waals surface area contributed by atoms with Gasteiger partial charge in [-0.2, -0.15) is 4.98 Å². The summed E-state index contributed by atoms with van der Waals surface area (Å²) in [5.41, 5.74) is 0.0506. The van der Waals surface area contributed by atoms with E-state index in [-0.39, 0.29) is 17.7 Å². The lowest BCUT2D eigenvalue weighted by Crippen LogP contribution is -2.53. The molecule has 2 aromatic heterocycles. The summed E-state index contributed by atoms with van der Waals surface area (Å²) in [6.07, 6.45) is 4.03. The van der Waals surface area contributed by atoms with Crippen LogP contribution in [-0.2, 0) is 10.2 Å². The third kappa shape index (κ3) is 2.65. The lowest BCUT2D eigenvalue weighted by atomic mass is 9.73. The van der Waals surface area contributed by atoms with Gasteiger partial charge in [0.1, 0.15) is 0 Å². The summed E-state index contributed by atoms with van der Waals surface area (Å²) in [6, 6.07) is 3.52. The van der Waals surface area contributed by atoms with Crippen LogP contribution in [0.1, 0.15) is 35.4 Å². The van der Waals surface area contributed by atoms with Crippen LogP contribution in [0.25, 0.3) is 0 Å². The highest BCUT2D eigenvalue weighted by Gasteiger charge is 2.55. The molecule has 2 aliphatic heterocycles. The number of hydrogen-bond acceptors (Lipinski definition) is 6. The molecule has 2 aromatic rings. The second-order valence-corrected chi connectivity index (χ2v) is 7.16. The maximum Gasteiger partial charge on any atom is 0.255 e. The van der Waals surface area contributed by atoms with E-state index in [1.54, 1.807) is 38.4 Å². The van der Waals surface area contributed by atoms with Crippen molar-refractivity contribution in [1.29, 1.82) is 0 Å². The maximum atomic E-state index is 12.9. The molecule has 2 atom stereocenters. The Kier molecular flexibility index (Phi) is 3.97. The van der Waals surface area contributed by atoms with Crippen molar-refractivity contribution >= 4 is 11.8 Å². The molecule has 0 aliphatic carbocycles. The van der Waals surface area contributed by atoms with Crippen molar-refractivity contribution in [2.45, 2.75) is 25.7 Å². The average Bonchev–Trinajstić information content (AvgIpc) is 3.25. The Morgan fingerprint density at radius 1 is 1.31 bits per heavy atom. The molecule has 26 heavy (non-hydrogen) atoms. The van der Waals surface area contributed by atoms with Gasteiger partial charge in [0, 0.05) is 45.5 Å². The number of hydrogen-bond donors (Lipinski definition) is 0. The minimum Gasteiger partial charge on any atom is -0.342 e. The van der Waals surface area contributed by atoms with E-state index in [1.165, 1.54) is 0 Å². The Morgan fingerprint density at radius 2 is 2.12 bits per heavy atom. The first-order chi connectivity index (χ1) is 12.5. The fourth-order valence-electron chi connectivity index (χ4n) is 4.16. The van der Waals surface area contributed by atoms with Crippen molar-refractivity contribution in [2.75, 3.05) is 26.2 Å². The standard InChI is InChI=1S/C18H21N5O3/c1-12-20-17(26-21-12)18-10-22(13(2)24)7-5-15(18)9-23(11-18)16(25)14-4-3-6-19-8-14/h3-4,6,8,15H,5,7,9-11H2,1-2H3/t15-,18-/m0/s1. The molecule has 0 unspecified atom stereocenters. The number of carbonyl (C=O) groups excluding carboxylic acids is 2. The Labute approximate surface area is 151 Å². The van der Waals surface area contributed by atoms with Crippen LogP contribution >= 0.6 is 0 Å². The summed E-state index contributed by atoms with van der Waals surface area (Å²) in [5, 5.41) is 3.94. The van der Waals surface area contributed by atoms with Gasteiger partial charge in [0.15, 0.2) is 5.82 Å². The molecule has 4 heterocycles. The van der Waals surface area contributed by atoms with Gasteiger partial charge in [-0.25, -0.2) is 0 Å². The largest absolute Gasteiger partial charge is 0.342 e. The van der Waals surface area contributed by atoms with Crippen molar-refractivity contribution in [3.8, 4) is 0 Å². The average molecular weight is 355 g/mol. The minimum absolute atomic E-state index is 0.0242. The first-order valence-electron chi connectivity index (χ1n) is 8.75. The molecule has 8 nitrogen and oxygen atoms in total. The Hall–Kier alpha value is -2.77. The topological polar surface area (TPSA) is 92.4 Å². The zero-order chi connectivity index (χ0) is 18.3. The zero-order valence-corrected chi connectivity index (χ0v) is 14.9. The molecule has 0 spiro atoms. The minimum atomic E-state index is -0.511. The van der Waals surface area contributed by atoms with Crippen LogP contribution in [0.5, 0.6) is 0 Å². The number of nitrogens with zero attached hydrogens (tertiary/aromatic N) is 5. The molecule has 0 aromatic carbocycles. The van der Waals surface area contributed by atoms with Gasteiger partial charge in [0.05, 0.1) is 11.0 Å². The molecular formula is C18H21N5O3. The first kappa shape index (κ1) is 16.7. The van der Waals surface area contributed by atoms with E-state index in [2.05, 4.69) is 15.1 Å². The van der Waals surface area contributed by atoms with Crippen LogP contribution in [-0.4, -0.2) is 62.9 Å². The van der Waals surface area contributed by atoms with Crippen LogP contribution in [0.4, 0.5) is 0 Å². The first-order valence-corrected chi connectivity index (χ1v) is 8.75. The summed E-state index contributed by atoms with van der Waals surface area (Å²) in [6.45, 7) is 5.59. The number of carbonyl (C=O) groups is 2. The van der Waals surface area contributed by atoms with E-state index in [4.69, 9.17) is 4.52 Å². The lowest BCUT2D eigenvalue weighted by molar-refractivity contribution is -0.131. The van der Waals surface area contributed by atoms with Gasteiger partial charge in [-0.15, -0.1) is 0 Å². The van der Waals surface area contributed by atoms with Gasteiger partial charge < -0.3 is 14.3 Å². The van der Waals surface area contributed by atoms with Gasteiger partial charge >= 0.3 is 0 Å². The number of pyridine rings is 1. The van der Waals surface area contributed by atoms with E-state index in [1.807, 2.05) is 9.80 Å². The van der Waals surface area contributed by atoms with Crippen molar-refractivity contribution in [2.24, 2.45) is 5.92 Å². The normalized spacial score (nSPS) is 25.2. The Bertz CT molecular complexity index is 836. The molecule has 2 aliphatic rings. The number of amides is 2. The summed E-state index contributed by atoms with van der Waals surface area (Å²) in [7, 11) is 0. The predicted octanol–water partition coefficient (Wildman–Crippen LogP) is 1.04. The van der Waals surface area contributed by atoms with Crippen LogP contribution in [0, 0.1) is 12.8 Å². The molecule has 0 bridgehead atoms. The van der Waals surface area contributed by atoms with Gasteiger partial charge in [0.25, 0.3) is 5.91 Å². The maximum absolute atomic E-state index is 12.9. The van der Waals surface area contributed by atoms with E-state index in [0.717, 1.165) is 6.42 Å². The van der Waals surface area contributed by atoms with Gasteiger partial charge in [0.2, 0.25) is 11.8 Å². The highest BCUT2D eigenvalue weighted by molar-refractivity contribution is 5.94. The van der Waals surface area contributed by atoms with Crippen molar-refractivity contribution in [1.82, 2.24) is 24.9 Å². The molecular weight excluding hydrogens is 334 g/mol. The number of rotatable bonds is 2. The SMILES string of the molecule is CC(=O)N1CC[C@H]2CN(C(=O)c3cccnc3)C[C@@]2(c2nc(C)no2)C1. The van der Waals surface area contributed by atoms with Gasteiger partial charge in [-0.05, 0) is 31.4 Å². The Balaban J connectivity index is 1.68. The highest BCUT2D eigenvalue weighted by atomic mass is 16.5. The molecule has 2 amide bonds. The third-order valence-corrected chi connectivity index (χ3v) is 5.51. The molecule has 0 radical (unpaired) electrons. The summed E-state index contributed by atoms with van der Waals surface area (Å²) < 4.78 is 5.52. The summed E-state index contributed by atoms with van der Waals surface area (Å²) >= 11 is 0. The molecule has 2 fully saturated rings. The third-order valence-electron chi connectivity index (χ3n) is 5.51. The second kappa shape index (κ2) is 6.19. The number of aromatic nitrogens is 3. The molecule has 136 valence electrons. The lowest BCUT2D eigenvalue weighted by Gasteiger charge is -2.41.